The Kier molecular flexibility index (Phi) is 3.79. The maximum absolute atomic E-state index is 3.45. The maximum atomic E-state index is 3.45. The van der Waals surface area contributed by atoms with Crippen LogP contribution in [0.4, 0.5) is 0 Å². The number of rotatable bonds is 4. The SMILES string of the molecule is CC(CCc1ccccc1)C1CCNC1. The summed E-state index contributed by atoms with van der Waals surface area (Å²) in [6.45, 7) is 4.86. The van der Waals surface area contributed by atoms with Crippen LogP contribution in [0.3, 0.4) is 0 Å². The Hall–Kier alpha value is -0.820. The molecular formula is C14H21N. The summed E-state index contributed by atoms with van der Waals surface area (Å²) in [5, 5.41) is 3.45. The number of hydrogen-bond acceptors (Lipinski definition) is 1. The lowest BCUT2D eigenvalue weighted by molar-refractivity contribution is 0.364. The van der Waals surface area contributed by atoms with Crippen molar-refractivity contribution in [1.29, 1.82) is 0 Å². The molecule has 1 aliphatic heterocycles. The fraction of sp³-hybridized carbons (Fsp3) is 0.571. The highest BCUT2D eigenvalue weighted by Crippen LogP contribution is 2.23. The quantitative estimate of drug-likeness (QED) is 0.793. The van der Waals surface area contributed by atoms with E-state index in [-0.39, 0.29) is 0 Å². The average Bonchev–Trinajstić information content (AvgIpc) is 2.81. The van der Waals surface area contributed by atoms with Crippen molar-refractivity contribution in [2.45, 2.75) is 26.2 Å². The summed E-state index contributed by atoms with van der Waals surface area (Å²) in [5.74, 6) is 1.77. The summed E-state index contributed by atoms with van der Waals surface area (Å²) in [6.07, 6.45) is 3.94. The van der Waals surface area contributed by atoms with Crippen LogP contribution in [0.5, 0.6) is 0 Å². The molecule has 1 fully saturated rings. The van der Waals surface area contributed by atoms with Crippen LogP contribution in [0.25, 0.3) is 0 Å². The number of nitrogens with one attached hydrogen (secondary N) is 1. The molecule has 0 saturated carbocycles. The van der Waals surface area contributed by atoms with Gasteiger partial charge in [-0.1, -0.05) is 37.3 Å². The Labute approximate surface area is 92.9 Å². The van der Waals surface area contributed by atoms with E-state index < -0.39 is 0 Å². The van der Waals surface area contributed by atoms with Crippen LogP contribution in [0, 0.1) is 11.8 Å². The van der Waals surface area contributed by atoms with Crippen LogP contribution >= 0.6 is 0 Å². The van der Waals surface area contributed by atoms with Crippen LogP contribution in [-0.2, 0) is 6.42 Å². The first-order chi connectivity index (χ1) is 7.36. The topological polar surface area (TPSA) is 12.0 Å². The number of hydrogen-bond donors (Lipinski definition) is 1. The lowest BCUT2D eigenvalue weighted by atomic mass is 9.88. The molecular weight excluding hydrogens is 182 g/mol. The smallest absolute Gasteiger partial charge is 0.00175 e. The van der Waals surface area contributed by atoms with Crippen molar-refractivity contribution < 1.29 is 0 Å². The van der Waals surface area contributed by atoms with E-state index in [9.17, 15) is 0 Å². The normalized spacial score (nSPS) is 22.9. The van der Waals surface area contributed by atoms with Gasteiger partial charge in [0.2, 0.25) is 0 Å². The highest BCUT2D eigenvalue weighted by atomic mass is 14.9. The van der Waals surface area contributed by atoms with Crippen molar-refractivity contribution in [2.24, 2.45) is 11.8 Å². The third-order valence-electron chi connectivity index (χ3n) is 3.63. The minimum atomic E-state index is 0.861. The maximum Gasteiger partial charge on any atom is -0.00175 e. The van der Waals surface area contributed by atoms with Gasteiger partial charge in [-0.3, -0.25) is 0 Å². The first-order valence-electron chi connectivity index (χ1n) is 6.11. The highest BCUT2D eigenvalue weighted by Gasteiger charge is 2.20. The third-order valence-corrected chi connectivity index (χ3v) is 3.63. The van der Waals surface area contributed by atoms with Gasteiger partial charge >= 0.3 is 0 Å². The molecule has 1 saturated heterocycles. The van der Waals surface area contributed by atoms with Crippen molar-refractivity contribution in [3.05, 3.63) is 35.9 Å². The summed E-state index contributed by atoms with van der Waals surface area (Å²) in [6, 6.07) is 10.8. The van der Waals surface area contributed by atoms with Crippen molar-refractivity contribution in [3.63, 3.8) is 0 Å². The van der Waals surface area contributed by atoms with Gasteiger partial charge in [0.25, 0.3) is 0 Å². The Bertz CT molecular complexity index is 275. The fourth-order valence-electron chi connectivity index (χ4n) is 2.44. The van der Waals surface area contributed by atoms with Crippen molar-refractivity contribution >= 4 is 0 Å². The van der Waals surface area contributed by atoms with E-state index in [0.717, 1.165) is 11.8 Å². The molecule has 1 aromatic rings. The van der Waals surface area contributed by atoms with E-state index in [4.69, 9.17) is 0 Å². The molecule has 0 amide bonds. The van der Waals surface area contributed by atoms with Crippen molar-refractivity contribution in [3.8, 4) is 0 Å². The Balaban J connectivity index is 1.77. The van der Waals surface area contributed by atoms with E-state index >= 15 is 0 Å². The molecule has 2 unspecified atom stereocenters. The van der Waals surface area contributed by atoms with E-state index in [0.29, 0.717) is 0 Å². The van der Waals surface area contributed by atoms with Gasteiger partial charge in [-0.2, -0.15) is 0 Å². The van der Waals surface area contributed by atoms with Gasteiger partial charge in [0.05, 0.1) is 0 Å². The minimum Gasteiger partial charge on any atom is -0.316 e. The second-order valence-electron chi connectivity index (χ2n) is 4.75. The van der Waals surface area contributed by atoms with Gasteiger partial charge in [-0.25, -0.2) is 0 Å². The second kappa shape index (κ2) is 5.32. The third kappa shape index (κ3) is 3.07. The van der Waals surface area contributed by atoms with Gasteiger partial charge < -0.3 is 5.32 Å². The van der Waals surface area contributed by atoms with E-state index in [1.807, 2.05) is 0 Å². The molecule has 0 bridgehead atoms. The minimum absolute atomic E-state index is 0.861. The molecule has 0 radical (unpaired) electrons. The molecule has 0 aromatic heterocycles. The monoisotopic (exact) mass is 203 g/mol. The molecule has 82 valence electrons. The molecule has 1 heterocycles. The zero-order chi connectivity index (χ0) is 10.5. The largest absolute Gasteiger partial charge is 0.316 e. The summed E-state index contributed by atoms with van der Waals surface area (Å²) >= 11 is 0. The summed E-state index contributed by atoms with van der Waals surface area (Å²) in [7, 11) is 0. The molecule has 1 nitrogen and oxygen atoms in total. The molecule has 1 aromatic carbocycles. The standard InChI is InChI=1S/C14H21N/c1-12(14-9-10-15-11-14)7-8-13-5-3-2-4-6-13/h2-6,12,14-15H,7-11H2,1H3. The molecule has 2 atom stereocenters. The summed E-state index contributed by atoms with van der Waals surface area (Å²) < 4.78 is 0. The van der Waals surface area contributed by atoms with Crippen LogP contribution in [0.2, 0.25) is 0 Å². The van der Waals surface area contributed by atoms with Gasteiger partial charge in [-0.15, -0.1) is 0 Å². The molecule has 0 spiro atoms. The number of aryl methyl sites for hydroxylation is 1. The predicted octanol–water partition coefficient (Wildman–Crippen LogP) is 2.86. The zero-order valence-corrected chi connectivity index (χ0v) is 9.58. The van der Waals surface area contributed by atoms with Gasteiger partial charge in [0.15, 0.2) is 0 Å². The fourth-order valence-corrected chi connectivity index (χ4v) is 2.44. The Morgan fingerprint density at radius 3 is 2.80 bits per heavy atom. The number of benzene rings is 1. The Morgan fingerprint density at radius 2 is 2.13 bits per heavy atom. The second-order valence-corrected chi connectivity index (χ2v) is 4.75. The lowest BCUT2D eigenvalue weighted by Crippen LogP contribution is -2.16. The highest BCUT2D eigenvalue weighted by molar-refractivity contribution is 5.14. The molecule has 2 rings (SSSR count). The molecule has 1 N–H and O–H groups in total. The van der Waals surface area contributed by atoms with E-state index in [1.165, 1.54) is 37.9 Å². The zero-order valence-electron chi connectivity index (χ0n) is 9.58. The Morgan fingerprint density at radius 1 is 1.33 bits per heavy atom. The lowest BCUT2D eigenvalue weighted by Gasteiger charge is -2.17. The first kappa shape index (κ1) is 10.7. The van der Waals surface area contributed by atoms with Crippen molar-refractivity contribution in [1.82, 2.24) is 5.32 Å². The molecule has 0 aliphatic carbocycles. The van der Waals surface area contributed by atoms with Crippen LogP contribution in [0.15, 0.2) is 30.3 Å². The van der Waals surface area contributed by atoms with Crippen molar-refractivity contribution in [2.75, 3.05) is 13.1 Å². The first-order valence-corrected chi connectivity index (χ1v) is 6.11. The van der Waals surface area contributed by atoms with Gasteiger partial charge in [0, 0.05) is 0 Å². The van der Waals surface area contributed by atoms with Crippen LogP contribution in [0.1, 0.15) is 25.3 Å². The van der Waals surface area contributed by atoms with Crippen LogP contribution < -0.4 is 5.32 Å². The van der Waals surface area contributed by atoms with E-state index in [2.05, 4.69) is 42.6 Å². The van der Waals surface area contributed by atoms with E-state index in [1.54, 1.807) is 0 Å². The summed E-state index contributed by atoms with van der Waals surface area (Å²) in [5.41, 5.74) is 1.48. The van der Waals surface area contributed by atoms with Gasteiger partial charge in [0.1, 0.15) is 0 Å². The summed E-state index contributed by atoms with van der Waals surface area (Å²) in [4.78, 5) is 0. The van der Waals surface area contributed by atoms with Gasteiger partial charge in [-0.05, 0) is 49.8 Å². The predicted molar refractivity (Wildman–Crippen MR) is 64.9 cm³/mol. The average molecular weight is 203 g/mol. The molecule has 1 aliphatic rings. The molecule has 15 heavy (non-hydrogen) atoms. The molecule has 1 heteroatoms. The van der Waals surface area contributed by atoms with Crippen LogP contribution in [-0.4, -0.2) is 13.1 Å².